The summed E-state index contributed by atoms with van der Waals surface area (Å²) in [5.41, 5.74) is 2.44. The van der Waals surface area contributed by atoms with Gasteiger partial charge in [-0.2, -0.15) is 24.7 Å². The molecule has 0 radical (unpaired) electrons. The van der Waals surface area contributed by atoms with Gasteiger partial charge in [0.05, 0.1) is 0 Å². The molecule has 1 saturated carbocycles. The maximum atomic E-state index is 5.40. The Labute approximate surface area is 116 Å². The molecule has 2 heterocycles. The Kier molecular flexibility index (Phi) is 3.68. The monoisotopic (exact) mass is 275 g/mol. The summed E-state index contributed by atoms with van der Waals surface area (Å²) in [5, 5.41) is 7.34. The lowest BCUT2D eigenvalue weighted by molar-refractivity contribution is 0.460. The smallest absolute Gasteiger partial charge is 0.258 e. The molecule has 1 aliphatic rings. The van der Waals surface area contributed by atoms with Crippen LogP contribution in [-0.4, -0.2) is 35.8 Å². The van der Waals surface area contributed by atoms with Crippen LogP contribution in [0.1, 0.15) is 32.1 Å². The maximum absolute atomic E-state index is 5.40. The van der Waals surface area contributed by atoms with Crippen molar-refractivity contribution in [2.24, 2.45) is 5.84 Å². The average molecular weight is 275 g/mol. The highest BCUT2D eigenvalue weighted by Crippen LogP contribution is 2.20. The van der Waals surface area contributed by atoms with Gasteiger partial charge in [-0.15, -0.1) is 0 Å². The third-order valence-electron chi connectivity index (χ3n) is 3.31. The molecular formula is C11H17N9. The van der Waals surface area contributed by atoms with Crippen molar-refractivity contribution >= 4 is 11.9 Å². The van der Waals surface area contributed by atoms with E-state index in [1.165, 1.54) is 36.6 Å². The molecule has 1 aliphatic carbocycles. The molecule has 3 rings (SSSR count). The first-order chi connectivity index (χ1) is 9.85. The third kappa shape index (κ3) is 2.82. The van der Waals surface area contributed by atoms with E-state index < -0.39 is 0 Å². The van der Waals surface area contributed by atoms with Crippen molar-refractivity contribution in [3.63, 3.8) is 0 Å². The molecule has 0 saturated heterocycles. The highest BCUT2D eigenvalue weighted by molar-refractivity contribution is 5.37. The SMILES string of the molecule is NNc1nc(NC2CCCCC2)nc(-n2cncn2)n1. The number of hydrazine groups is 1. The molecule has 0 atom stereocenters. The van der Waals surface area contributed by atoms with E-state index in [9.17, 15) is 0 Å². The van der Waals surface area contributed by atoms with Gasteiger partial charge in [0.1, 0.15) is 12.7 Å². The van der Waals surface area contributed by atoms with Gasteiger partial charge in [-0.25, -0.2) is 10.8 Å². The molecule has 2 aromatic rings. The highest BCUT2D eigenvalue weighted by atomic mass is 15.4. The fourth-order valence-corrected chi connectivity index (χ4v) is 2.34. The Bertz CT molecular complexity index is 547. The standard InChI is InChI=1S/C11H17N9/c12-19-10-16-9(15-8-4-2-1-3-5-8)17-11(18-10)20-7-13-6-14-20/h6-8H,1-5,12H2,(H2,15,16,17,18,19). The zero-order chi connectivity index (χ0) is 13.8. The van der Waals surface area contributed by atoms with Gasteiger partial charge < -0.3 is 5.32 Å². The Hall–Kier alpha value is -2.29. The van der Waals surface area contributed by atoms with Crippen molar-refractivity contribution in [1.82, 2.24) is 29.7 Å². The van der Waals surface area contributed by atoms with Crippen LogP contribution < -0.4 is 16.6 Å². The molecule has 2 aromatic heterocycles. The van der Waals surface area contributed by atoms with Gasteiger partial charge in [0, 0.05) is 6.04 Å². The van der Waals surface area contributed by atoms with Crippen molar-refractivity contribution in [3.8, 4) is 5.95 Å². The molecule has 0 amide bonds. The first kappa shape index (κ1) is 12.7. The Morgan fingerprint density at radius 1 is 1.10 bits per heavy atom. The molecular weight excluding hydrogens is 258 g/mol. The second kappa shape index (κ2) is 5.78. The number of nitrogens with two attached hydrogens (primary N) is 1. The zero-order valence-corrected chi connectivity index (χ0v) is 11.0. The topological polar surface area (TPSA) is 119 Å². The van der Waals surface area contributed by atoms with Gasteiger partial charge in [-0.3, -0.25) is 5.43 Å². The number of aromatic nitrogens is 6. The van der Waals surface area contributed by atoms with Crippen LogP contribution in [0.4, 0.5) is 11.9 Å². The van der Waals surface area contributed by atoms with Gasteiger partial charge in [0.25, 0.3) is 5.95 Å². The molecule has 1 fully saturated rings. The first-order valence-corrected chi connectivity index (χ1v) is 6.69. The van der Waals surface area contributed by atoms with E-state index >= 15 is 0 Å². The quantitative estimate of drug-likeness (QED) is 0.544. The normalized spacial score (nSPS) is 16.1. The van der Waals surface area contributed by atoms with E-state index in [0.29, 0.717) is 23.9 Å². The lowest BCUT2D eigenvalue weighted by atomic mass is 9.96. The van der Waals surface area contributed by atoms with Crippen LogP contribution >= 0.6 is 0 Å². The van der Waals surface area contributed by atoms with Crippen LogP contribution in [0, 0.1) is 0 Å². The largest absolute Gasteiger partial charge is 0.351 e. The Morgan fingerprint density at radius 3 is 2.60 bits per heavy atom. The summed E-state index contributed by atoms with van der Waals surface area (Å²) in [6.07, 6.45) is 9.00. The summed E-state index contributed by atoms with van der Waals surface area (Å²) in [6, 6.07) is 0.403. The maximum Gasteiger partial charge on any atom is 0.258 e. The van der Waals surface area contributed by atoms with Crippen LogP contribution in [0.15, 0.2) is 12.7 Å². The average Bonchev–Trinajstić information content (AvgIpc) is 3.02. The van der Waals surface area contributed by atoms with Crippen LogP contribution in [0.2, 0.25) is 0 Å². The summed E-state index contributed by atoms with van der Waals surface area (Å²) in [6.45, 7) is 0. The van der Waals surface area contributed by atoms with E-state index in [1.807, 2.05) is 0 Å². The molecule has 20 heavy (non-hydrogen) atoms. The molecule has 0 spiro atoms. The Morgan fingerprint density at radius 2 is 1.90 bits per heavy atom. The second-order valence-corrected chi connectivity index (χ2v) is 4.75. The lowest BCUT2D eigenvalue weighted by Gasteiger charge is -2.22. The number of nitrogens with one attached hydrogen (secondary N) is 2. The molecule has 0 aromatic carbocycles. The van der Waals surface area contributed by atoms with Crippen LogP contribution in [0.25, 0.3) is 5.95 Å². The van der Waals surface area contributed by atoms with Crippen LogP contribution in [0.5, 0.6) is 0 Å². The summed E-state index contributed by atoms with van der Waals surface area (Å²) < 4.78 is 1.47. The number of anilines is 2. The molecule has 0 bridgehead atoms. The fraction of sp³-hybridized carbons (Fsp3) is 0.545. The minimum Gasteiger partial charge on any atom is -0.351 e. The van der Waals surface area contributed by atoms with E-state index in [1.54, 1.807) is 0 Å². The van der Waals surface area contributed by atoms with Crippen molar-refractivity contribution in [1.29, 1.82) is 0 Å². The Balaban J connectivity index is 1.84. The van der Waals surface area contributed by atoms with E-state index in [4.69, 9.17) is 5.84 Å². The van der Waals surface area contributed by atoms with E-state index in [0.717, 1.165) is 12.8 Å². The van der Waals surface area contributed by atoms with Gasteiger partial charge in [0.15, 0.2) is 0 Å². The molecule has 4 N–H and O–H groups in total. The van der Waals surface area contributed by atoms with E-state index in [-0.39, 0.29) is 0 Å². The van der Waals surface area contributed by atoms with Crippen molar-refractivity contribution < 1.29 is 0 Å². The van der Waals surface area contributed by atoms with Crippen molar-refractivity contribution in [2.75, 3.05) is 10.7 Å². The summed E-state index contributed by atoms with van der Waals surface area (Å²) in [5.74, 6) is 6.58. The second-order valence-electron chi connectivity index (χ2n) is 4.75. The van der Waals surface area contributed by atoms with Crippen molar-refractivity contribution in [3.05, 3.63) is 12.7 Å². The summed E-state index contributed by atoms with van der Waals surface area (Å²) in [7, 11) is 0. The fourth-order valence-electron chi connectivity index (χ4n) is 2.34. The zero-order valence-electron chi connectivity index (χ0n) is 11.0. The molecule has 9 heteroatoms. The molecule has 106 valence electrons. The molecule has 0 aliphatic heterocycles. The van der Waals surface area contributed by atoms with Crippen LogP contribution in [-0.2, 0) is 0 Å². The minimum absolute atomic E-state index is 0.295. The van der Waals surface area contributed by atoms with Gasteiger partial charge in [0.2, 0.25) is 11.9 Å². The number of hydrogen-bond donors (Lipinski definition) is 3. The predicted molar refractivity (Wildman–Crippen MR) is 73.0 cm³/mol. The lowest BCUT2D eigenvalue weighted by Crippen LogP contribution is -2.25. The number of nitrogens with zero attached hydrogens (tertiary/aromatic N) is 6. The van der Waals surface area contributed by atoms with Gasteiger partial charge >= 0.3 is 0 Å². The first-order valence-electron chi connectivity index (χ1n) is 6.69. The van der Waals surface area contributed by atoms with Crippen LogP contribution in [0.3, 0.4) is 0 Å². The summed E-state index contributed by atoms with van der Waals surface area (Å²) >= 11 is 0. The van der Waals surface area contributed by atoms with Crippen molar-refractivity contribution in [2.45, 2.75) is 38.1 Å². The highest BCUT2D eigenvalue weighted by Gasteiger charge is 2.16. The summed E-state index contributed by atoms with van der Waals surface area (Å²) in [4.78, 5) is 16.6. The number of nitrogen functional groups attached to an aromatic ring is 1. The minimum atomic E-state index is 0.295. The van der Waals surface area contributed by atoms with Gasteiger partial charge in [-0.05, 0) is 12.8 Å². The predicted octanol–water partition coefficient (Wildman–Crippen LogP) is 0.482. The molecule has 9 nitrogen and oxygen atoms in total. The third-order valence-corrected chi connectivity index (χ3v) is 3.31. The molecule has 0 unspecified atom stereocenters. The van der Waals surface area contributed by atoms with E-state index in [2.05, 4.69) is 35.8 Å². The van der Waals surface area contributed by atoms with Gasteiger partial charge in [-0.1, -0.05) is 19.3 Å². The number of hydrogen-bond acceptors (Lipinski definition) is 8. The number of rotatable bonds is 4.